The highest BCUT2D eigenvalue weighted by Gasteiger charge is 2.17. The minimum Gasteiger partial charge on any atom is -0.460 e. The van der Waals surface area contributed by atoms with Gasteiger partial charge in [-0.3, -0.25) is 4.79 Å². The normalized spacial score (nSPS) is 17.2. The van der Waals surface area contributed by atoms with E-state index in [0.29, 0.717) is 11.3 Å². The smallest absolute Gasteiger partial charge is 0.333 e. The fraction of sp³-hybridized carbons (Fsp3) is 0.417. The molecular formula is C12H18N4O4. The molecule has 0 aromatic carbocycles. The third-order valence-corrected chi connectivity index (χ3v) is 2.25. The van der Waals surface area contributed by atoms with Crippen LogP contribution in [0.4, 0.5) is 4.79 Å². The Morgan fingerprint density at radius 2 is 2.15 bits per heavy atom. The van der Waals surface area contributed by atoms with Crippen molar-refractivity contribution in [2.75, 3.05) is 13.2 Å². The van der Waals surface area contributed by atoms with Gasteiger partial charge in [-0.1, -0.05) is 6.58 Å². The second kappa shape index (κ2) is 7.17. The molecule has 0 aliphatic carbocycles. The average molecular weight is 282 g/mol. The molecule has 1 aliphatic rings. The van der Waals surface area contributed by atoms with Gasteiger partial charge in [-0.15, -0.1) is 0 Å². The number of allylic oxidation sites excluding steroid dienone is 1. The standard InChI is InChI=1S/C12H18N4O4/c1-7(2)10(18)20-5-4-13-12(19)16-11-14-8(3)6-9(17)15-11/h6,11,14H,1,4-5H2,2-3H3,(H,15,17)(H2,13,16,19). The van der Waals surface area contributed by atoms with Crippen LogP contribution < -0.4 is 21.3 Å². The van der Waals surface area contributed by atoms with Gasteiger partial charge >= 0.3 is 12.0 Å². The Labute approximate surface area is 116 Å². The monoisotopic (exact) mass is 282 g/mol. The highest BCUT2D eigenvalue weighted by atomic mass is 16.5. The van der Waals surface area contributed by atoms with Crippen LogP contribution >= 0.6 is 0 Å². The molecule has 0 saturated heterocycles. The lowest BCUT2D eigenvalue weighted by atomic mass is 10.3. The molecule has 0 aromatic heterocycles. The fourth-order valence-corrected chi connectivity index (χ4v) is 1.37. The lowest BCUT2D eigenvalue weighted by Crippen LogP contribution is -2.60. The summed E-state index contributed by atoms with van der Waals surface area (Å²) in [7, 11) is 0. The van der Waals surface area contributed by atoms with Crippen LogP contribution in [0.3, 0.4) is 0 Å². The number of nitrogens with one attached hydrogen (secondary N) is 4. The van der Waals surface area contributed by atoms with E-state index in [1.807, 2.05) is 0 Å². The van der Waals surface area contributed by atoms with Crippen LogP contribution in [0.15, 0.2) is 23.9 Å². The largest absolute Gasteiger partial charge is 0.460 e. The van der Waals surface area contributed by atoms with Gasteiger partial charge in [0.25, 0.3) is 0 Å². The average Bonchev–Trinajstić information content (AvgIpc) is 2.32. The molecule has 8 nitrogen and oxygen atoms in total. The molecule has 0 bridgehead atoms. The van der Waals surface area contributed by atoms with Crippen molar-refractivity contribution in [1.82, 2.24) is 21.3 Å². The van der Waals surface area contributed by atoms with E-state index < -0.39 is 18.3 Å². The number of ether oxygens (including phenoxy) is 1. The molecule has 110 valence electrons. The number of carbonyl (C=O) groups excluding carboxylic acids is 3. The fourth-order valence-electron chi connectivity index (χ4n) is 1.37. The Bertz CT molecular complexity index is 458. The summed E-state index contributed by atoms with van der Waals surface area (Å²) in [6.07, 6.45) is 0.707. The minimum atomic E-state index is -0.675. The van der Waals surface area contributed by atoms with Gasteiger partial charge in [0, 0.05) is 17.3 Å². The lowest BCUT2D eigenvalue weighted by molar-refractivity contribution is -0.138. The van der Waals surface area contributed by atoms with E-state index in [4.69, 9.17) is 4.74 Å². The Hall–Kier alpha value is -2.51. The maximum absolute atomic E-state index is 11.5. The first-order valence-electron chi connectivity index (χ1n) is 6.01. The summed E-state index contributed by atoms with van der Waals surface area (Å²) in [5.74, 6) is -0.795. The zero-order valence-electron chi connectivity index (χ0n) is 11.4. The van der Waals surface area contributed by atoms with Gasteiger partial charge in [-0.05, 0) is 13.8 Å². The summed E-state index contributed by atoms with van der Waals surface area (Å²) in [6, 6.07) is -0.496. The van der Waals surface area contributed by atoms with Crippen molar-refractivity contribution in [3.8, 4) is 0 Å². The molecule has 0 aromatic rings. The summed E-state index contributed by atoms with van der Waals surface area (Å²) in [5.41, 5.74) is 0.945. The van der Waals surface area contributed by atoms with Crippen LogP contribution in [0.1, 0.15) is 13.8 Å². The van der Waals surface area contributed by atoms with E-state index in [0.717, 1.165) is 0 Å². The molecule has 0 saturated carbocycles. The zero-order chi connectivity index (χ0) is 15.1. The van der Waals surface area contributed by atoms with Crippen molar-refractivity contribution in [1.29, 1.82) is 0 Å². The van der Waals surface area contributed by atoms with Gasteiger partial charge < -0.3 is 26.0 Å². The van der Waals surface area contributed by atoms with Crippen LogP contribution in [0, 0.1) is 0 Å². The SMILES string of the molecule is C=C(C)C(=O)OCCNC(=O)NC1NC(=O)C=C(C)N1. The van der Waals surface area contributed by atoms with Gasteiger partial charge in [-0.2, -0.15) is 0 Å². The third-order valence-electron chi connectivity index (χ3n) is 2.25. The number of hydrogen-bond donors (Lipinski definition) is 4. The van der Waals surface area contributed by atoms with Gasteiger partial charge in [-0.25, -0.2) is 9.59 Å². The molecule has 1 unspecified atom stereocenters. The molecule has 1 heterocycles. The van der Waals surface area contributed by atoms with Crippen molar-refractivity contribution in [2.45, 2.75) is 20.1 Å². The molecule has 0 spiro atoms. The van der Waals surface area contributed by atoms with Crippen molar-refractivity contribution < 1.29 is 19.1 Å². The Morgan fingerprint density at radius 1 is 1.45 bits per heavy atom. The topological polar surface area (TPSA) is 109 Å². The summed E-state index contributed by atoms with van der Waals surface area (Å²) >= 11 is 0. The molecule has 1 atom stereocenters. The summed E-state index contributed by atoms with van der Waals surface area (Å²) in [6.45, 7) is 6.88. The number of rotatable bonds is 5. The Balaban J connectivity index is 2.21. The van der Waals surface area contributed by atoms with Gasteiger partial charge in [0.1, 0.15) is 6.61 Å². The zero-order valence-corrected chi connectivity index (χ0v) is 11.4. The minimum absolute atomic E-state index is 0.0441. The molecule has 8 heteroatoms. The number of esters is 1. The molecular weight excluding hydrogens is 264 g/mol. The van der Waals surface area contributed by atoms with Gasteiger partial charge in [0.2, 0.25) is 5.91 Å². The first-order valence-corrected chi connectivity index (χ1v) is 6.01. The number of urea groups is 1. The number of carbonyl (C=O) groups is 3. The maximum Gasteiger partial charge on any atom is 0.333 e. The van der Waals surface area contributed by atoms with Crippen molar-refractivity contribution in [3.05, 3.63) is 23.9 Å². The third kappa shape index (κ3) is 5.42. The lowest BCUT2D eigenvalue weighted by Gasteiger charge is -2.25. The second-order valence-corrected chi connectivity index (χ2v) is 4.23. The van der Waals surface area contributed by atoms with E-state index in [2.05, 4.69) is 27.8 Å². The first kappa shape index (κ1) is 15.5. The van der Waals surface area contributed by atoms with Crippen molar-refractivity contribution >= 4 is 17.9 Å². The second-order valence-electron chi connectivity index (χ2n) is 4.23. The summed E-state index contributed by atoms with van der Waals surface area (Å²) in [4.78, 5) is 33.8. The number of hydrogen-bond acceptors (Lipinski definition) is 5. The van der Waals surface area contributed by atoms with E-state index in [9.17, 15) is 14.4 Å². The van der Waals surface area contributed by atoms with Crippen LogP contribution in [0.2, 0.25) is 0 Å². The van der Waals surface area contributed by atoms with Crippen LogP contribution in [-0.2, 0) is 14.3 Å². The summed E-state index contributed by atoms with van der Waals surface area (Å²) < 4.78 is 4.80. The van der Waals surface area contributed by atoms with E-state index in [1.54, 1.807) is 6.92 Å². The van der Waals surface area contributed by atoms with Crippen LogP contribution in [-0.4, -0.2) is 37.3 Å². The quantitative estimate of drug-likeness (QED) is 0.303. The van der Waals surface area contributed by atoms with Crippen molar-refractivity contribution in [3.63, 3.8) is 0 Å². The van der Waals surface area contributed by atoms with Crippen LogP contribution in [0.25, 0.3) is 0 Å². The predicted octanol–water partition coefficient (Wildman–Crippen LogP) is -0.688. The maximum atomic E-state index is 11.5. The molecule has 3 amide bonds. The molecule has 4 N–H and O–H groups in total. The highest BCUT2D eigenvalue weighted by molar-refractivity contribution is 5.89. The molecule has 1 rings (SSSR count). The van der Waals surface area contributed by atoms with E-state index in [1.165, 1.54) is 13.0 Å². The molecule has 0 fully saturated rings. The molecule has 0 radical (unpaired) electrons. The highest BCUT2D eigenvalue weighted by Crippen LogP contribution is 1.94. The first-order chi connectivity index (χ1) is 9.38. The van der Waals surface area contributed by atoms with E-state index >= 15 is 0 Å². The van der Waals surface area contributed by atoms with Crippen LogP contribution in [0.5, 0.6) is 0 Å². The Kier molecular flexibility index (Phi) is 5.57. The van der Waals surface area contributed by atoms with Gasteiger partial charge in [0.15, 0.2) is 6.29 Å². The predicted molar refractivity (Wildman–Crippen MR) is 71.1 cm³/mol. The molecule has 20 heavy (non-hydrogen) atoms. The number of amides is 3. The van der Waals surface area contributed by atoms with Crippen molar-refractivity contribution in [2.24, 2.45) is 0 Å². The summed E-state index contributed by atoms with van der Waals surface area (Å²) in [5, 5.41) is 10.4. The molecule has 1 aliphatic heterocycles. The van der Waals surface area contributed by atoms with E-state index in [-0.39, 0.29) is 19.1 Å². The Morgan fingerprint density at radius 3 is 2.75 bits per heavy atom. The van der Waals surface area contributed by atoms with Gasteiger partial charge in [0.05, 0.1) is 6.54 Å².